The number of non-ortho nitro benzene ring substituents is 1. The molecule has 0 unspecified atom stereocenters. The number of ether oxygens (including phenoxy) is 1. The van der Waals surface area contributed by atoms with Crippen molar-refractivity contribution >= 4 is 28.9 Å². The number of nitro benzene ring substituents is 1. The normalized spacial score (nSPS) is 13.6. The van der Waals surface area contributed by atoms with E-state index in [9.17, 15) is 14.9 Å². The fourth-order valence-electron chi connectivity index (χ4n) is 2.69. The number of amides is 1. The summed E-state index contributed by atoms with van der Waals surface area (Å²) in [6.07, 6.45) is 2.58. The largest absolute Gasteiger partial charge is 0.445 e. The lowest BCUT2D eigenvalue weighted by molar-refractivity contribution is -0.384. The monoisotopic (exact) mass is 376 g/mol. The number of benzene rings is 1. The van der Waals surface area contributed by atoms with E-state index in [0.717, 1.165) is 23.9 Å². The zero-order chi connectivity index (χ0) is 18.4. The summed E-state index contributed by atoms with van der Waals surface area (Å²) in [5.41, 5.74) is 0.705. The average Bonchev–Trinajstić information content (AvgIpc) is 3.32. The third kappa shape index (κ3) is 4.92. The van der Waals surface area contributed by atoms with Crippen LogP contribution >= 0.6 is 11.3 Å². The van der Waals surface area contributed by atoms with E-state index in [4.69, 9.17) is 4.74 Å². The molecule has 1 saturated heterocycles. The van der Waals surface area contributed by atoms with Crippen molar-refractivity contribution in [3.05, 3.63) is 50.3 Å². The molecule has 1 aliphatic heterocycles. The molecule has 3 rings (SSSR count). The van der Waals surface area contributed by atoms with Crippen molar-refractivity contribution in [2.45, 2.75) is 25.9 Å². The van der Waals surface area contributed by atoms with Crippen molar-refractivity contribution in [3.63, 3.8) is 0 Å². The molecular formula is C17H20N4O4S. The minimum absolute atomic E-state index is 0.00921. The number of anilines is 1. The summed E-state index contributed by atoms with van der Waals surface area (Å²) in [5, 5.41) is 16.3. The van der Waals surface area contributed by atoms with Crippen LogP contribution in [0.4, 0.5) is 16.3 Å². The van der Waals surface area contributed by atoms with Gasteiger partial charge in [-0.3, -0.25) is 10.1 Å². The van der Waals surface area contributed by atoms with Gasteiger partial charge in [-0.2, -0.15) is 0 Å². The lowest BCUT2D eigenvalue weighted by Gasteiger charge is -2.12. The molecule has 1 amide bonds. The Morgan fingerprint density at radius 3 is 2.73 bits per heavy atom. The first-order chi connectivity index (χ1) is 12.6. The summed E-state index contributed by atoms with van der Waals surface area (Å²) in [6.45, 7) is 2.65. The Kier molecular flexibility index (Phi) is 6.00. The molecule has 2 aromatic rings. The quantitative estimate of drug-likeness (QED) is 0.589. The maximum absolute atomic E-state index is 11.7. The van der Waals surface area contributed by atoms with E-state index in [1.54, 1.807) is 23.5 Å². The van der Waals surface area contributed by atoms with Crippen LogP contribution in [0.25, 0.3) is 0 Å². The number of carbonyl (C=O) groups is 1. The highest BCUT2D eigenvalue weighted by Gasteiger charge is 2.15. The first kappa shape index (κ1) is 18.1. The highest BCUT2D eigenvalue weighted by atomic mass is 32.1. The van der Waals surface area contributed by atoms with Gasteiger partial charge in [0.05, 0.1) is 9.93 Å². The standard InChI is InChI=1S/C17H20N4O4S/c22-17(25-11-13-3-5-14(6-4-13)21(23)24)18-8-7-16-19-15(12-26-16)20-9-1-2-10-20/h3-6,12H,1-2,7-11H2,(H,18,22). The van der Waals surface area contributed by atoms with Gasteiger partial charge in [-0.1, -0.05) is 0 Å². The van der Waals surface area contributed by atoms with Gasteiger partial charge in [0.2, 0.25) is 0 Å². The number of nitro groups is 1. The van der Waals surface area contributed by atoms with E-state index in [0.29, 0.717) is 18.5 Å². The molecule has 0 bridgehead atoms. The molecule has 26 heavy (non-hydrogen) atoms. The van der Waals surface area contributed by atoms with E-state index in [1.807, 2.05) is 0 Å². The summed E-state index contributed by atoms with van der Waals surface area (Å²) in [4.78, 5) is 28.7. The fourth-order valence-corrected chi connectivity index (χ4v) is 3.50. The number of nitrogens with one attached hydrogen (secondary N) is 1. The number of carbonyl (C=O) groups excluding carboxylic acids is 1. The predicted octanol–water partition coefficient (Wildman–Crippen LogP) is 3.12. The number of alkyl carbamates (subject to hydrolysis) is 1. The molecule has 1 fully saturated rings. The molecule has 0 spiro atoms. The van der Waals surface area contributed by atoms with E-state index in [1.165, 1.54) is 25.0 Å². The van der Waals surface area contributed by atoms with E-state index >= 15 is 0 Å². The van der Waals surface area contributed by atoms with Crippen LogP contribution in [0.1, 0.15) is 23.4 Å². The van der Waals surface area contributed by atoms with Crippen LogP contribution in [0, 0.1) is 10.1 Å². The van der Waals surface area contributed by atoms with Crippen molar-refractivity contribution in [1.82, 2.24) is 10.3 Å². The molecular weight excluding hydrogens is 356 g/mol. The number of aromatic nitrogens is 1. The van der Waals surface area contributed by atoms with E-state index < -0.39 is 11.0 Å². The molecule has 0 atom stereocenters. The number of hydrogen-bond donors (Lipinski definition) is 1. The molecule has 8 nitrogen and oxygen atoms in total. The van der Waals surface area contributed by atoms with E-state index in [2.05, 4.69) is 20.6 Å². The van der Waals surface area contributed by atoms with Crippen molar-refractivity contribution in [1.29, 1.82) is 0 Å². The summed E-state index contributed by atoms with van der Waals surface area (Å²) in [6, 6.07) is 5.91. The van der Waals surface area contributed by atoms with Gasteiger partial charge >= 0.3 is 6.09 Å². The number of thiazole rings is 1. The number of nitrogens with zero attached hydrogens (tertiary/aromatic N) is 3. The maximum Gasteiger partial charge on any atom is 0.407 e. The molecule has 0 aliphatic carbocycles. The Morgan fingerprint density at radius 1 is 1.31 bits per heavy atom. The second-order valence-corrected chi connectivity index (χ2v) is 6.91. The molecule has 138 valence electrons. The predicted molar refractivity (Wildman–Crippen MR) is 98.5 cm³/mol. The Morgan fingerprint density at radius 2 is 2.04 bits per heavy atom. The Balaban J connectivity index is 1.37. The van der Waals surface area contributed by atoms with Crippen LogP contribution < -0.4 is 10.2 Å². The molecule has 0 radical (unpaired) electrons. The van der Waals surface area contributed by atoms with Crippen molar-refractivity contribution < 1.29 is 14.5 Å². The molecule has 1 aromatic carbocycles. The average molecular weight is 376 g/mol. The lowest BCUT2D eigenvalue weighted by atomic mass is 10.2. The third-order valence-corrected chi connectivity index (χ3v) is 4.99. The van der Waals surface area contributed by atoms with Crippen LogP contribution in [0.3, 0.4) is 0 Å². The summed E-state index contributed by atoms with van der Waals surface area (Å²) in [7, 11) is 0. The van der Waals surface area contributed by atoms with Crippen molar-refractivity contribution in [3.8, 4) is 0 Å². The fraction of sp³-hybridized carbons (Fsp3) is 0.412. The smallest absolute Gasteiger partial charge is 0.407 e. The summed E-state index contributed by atoms with van der Waals surface area (Å²) < 4.78 is 5.11. The van der Waals surface area contributed by atoms with Gasteiger partial charge in [-0.25, -0.2) is 9.78 Å². The van der Waals surface area contributed by atoms with Gasteiger partial charge in [-0.05, 0) is 30.5 Å². The zero-order valence-electron chi connectivity index (χ0n) is 14.2. The maximum atomic E-state index is 11.7. The lowest BCUT2D eigenvalue weighted by Crippen LogP contribution is -2.26. The van der Waals surface area contributed by atoms with Gasteiger partial charge in [0.25, 0.3) is 5.69 Å². The minimum atomic E-state index is -0.514. The van der Waals surface area contributed by atoms with Crippen molar-refractivity contribution in [2.75, 3.05) is 24.5 Å². The van der Waals surface area contributed by atoms with Gasteiger partial charge in [0.15, 0.2) is 0 Å². The van der Waals surface area contributed by atoms with Crippen molar-refractivity contribution in [2.24, 2.45) is 0 Å². The first-order valence-corrected chi connectivity index (χ1v) is 9.33. The van der Waals surface area contributed by atoms with Crippen LogP contribution in [0.5, 0.6) is 0 Å². The Hall–Kier alpha value is -2.68. The molecule has 1 N–H and O–H groups in total. The molecule has 1 aromatic heterocycles. The highest BCUT2D eigenvalue weighted by Crippen LogP contribution is 2.22. The van der Waals surface area contributed by atoms with Gasteiger partial charge < -0.3 is 15.0 Å². The van der Waals surface area contributed by atoms with Crippen LogP contribution in [-0.4, -0.2) is 35.6 Å². The summed E-state index contributed by atoms with van der Waals surface area (Å²) >= 11 is 1.60. The summed E-state index contributed by atoms with van der Waals surface area (Å²) in [5.74, 6) is 1.03. The molecule has 2 heterocycles. The second-order valence-electron chi connectivity index (χ2n) is 5.97. The first-order valence-electron chi connectivity index (χ1n) is 8.45. The third-order valence-electron chi connectivity index (χ3n) is 4.09. The van der Waals surface area contributed by atoms with Gasteiger partial charge in [0.1, 0.15) is 12.4 Å². The van der Waals surface area contributed by atoms with Crippen LogP contribution in [-0.2, 0) is 17.8 Å². The zero-order valence-corrected chi connectivity index (χ0v) is 15.0. The second kappa shape index (κ2) is 8.61. The SMILES string of the molecule is O=C(NCCc1nc(N2CCCC2)cs1)OCc1ccc([N+](=O)[O-])cc1. The highest BCUT2D eigenvalue weighted by molar-refractivity contribution is 7.10. The molecule has 1 aliphatic rings. The van der Waals surface area contributed by atoms with Gasteiger partial charge in [-0.15, -0.1) is 11.3 Å². The minimum Gasteiger partial charge on any atom is -0.445 e. The number of hydrogen-bond acceptors (Lipinski definition) is 7. The molecule has 0 saturated carbocycles. The van der Waals surface area contributed by atoms with Gasteiger partial charge in [0, 0.05) is 43.6 Å². The molecule has 9 heteroatoms. The Bertz CT molecular complexity index is 756. The van der Waals surface area contributed by atoms with Crippen LogP contribution in [0.15, 0.2) is 29.6 Å². The number of rotatable bonds is 7. The Labute approximate surface area is 154 Å². The van der Waals surface area contributed by atoms with E-state index in [-0.39, 0.29) is 12.3 Å². The topological polar surface area (TPSA) is 97.6 Å². The van der Waals surface area contributed by atoms with Crippen LogP contribution in [0.2, 0.25) is 0 Å².